The van der Waals surface area contributed by atoms with E-state index in [1.165, 1.54) is 40.2 Å². The molecule has 0 aliphatic carbocycles. The predicted octanol–water partition coefficient (Wildman–Crippen LogP) is 3.48. The maximum atomic E-state index is 14.7. The average Bonchev–Trinajstić information content (AvgIpc) is 3.45. The number of rotatable bonds is 7. The average molecular weight is 440 g/mol. The van der Waals surface area contributed by atoms with Crippen LogP contribution >= 0.6 is 0 Å². The Morgan fingerprint density at radius 1 is 1.19 bits per heavy atom. The van der Waals surface area contributed by atoms with Crippen molar-refractivity contribution < 1.29 is 18.8 Å². The zero-order valence-corrected chi connectivity index (χ0v) is 16.8. The largest absolute Gasteiger partial charge is 0.381 e. The summed E-state index contributed by atoms with van der Waals surface area (Å²) < 4.78 is 31.0. The molecule has 164 valence electrons. The third kappa shape index (κ3) is 3.97. The first-order valence-electron chi connectivity index (χ1n) is 9.58. The fraction of sp³-hybridized carbons (Fsp3) is 0.190. The first kappa shape index (κ1) is 21.2. The summed E-state index contributed by atoms with van der Waals surface area (Å²) >= 11 is 0. The molecule has 2 heterocycles. The Balaban J connectivity index is 1.71. The molecule has 9 nitrogen and oxygen atoms in total. The lowest BCUT2D eigenvalue weighted by atomic mass is 9.86. The third-order valence-electron chi connectivity index (χ3n) is 5.34. The smallest absolute Gasteiger partial charge is 0.269 e. The fourth-order valence-corrected chi connectivity index (χ4v) is 3.52. The van der Waals surface area contributed by atoms with Crippen LogP contribution in [0.4, 0.5) is 14.5 Å². The van der Waals surface area contributed by atoms with Crippen LogP contribution in [0, 0.1) is 21.7 Å². The van der Waals surface area contributed by atoms with Gasteiger partial charge < -0.3 is 5.11 Å². The van der Waals surface area contributed by atoms with Gasteiger partial charge in [-0.3, -0.25) is 14.8 Å². The monoisotopic (exact) mass is 440 g/mol. The topological polar surface area (TPSA) is 112 Å². The van der Waals surface area contributed by atoms with E-state index >= 15 is 0 Å². The van der Waals surface area contributed by atoms with Crippen LogP contribution in [0.5, 0.6) is 0 Å². The summed E-state index contributed by atoms with van der Waals surface area (Å²) in [5.74, 6) is -1.66. The summed E-state index contributed by atoms with van der Waals surface area (Å²) in [6.07, 6.45) is 4.27. The van der Waals surface area contributed by atoms with Gasteiger partial charge in [-0.2, -0.15) is 10.2 Å². The normalized spacial score (nSPS) is 14.1. The van der Waals surface area contributed by atoms with E-state index in [2.05, 4.69) is 15.2 Å². The molecule has 32 heavy (non-hydrogen) atoms. The second-order valence-electron chi connectivity index (χ2n) is 7.30. The molecule has 0 fully saturated rings. The molecule has 0 radical (unpaired) electrons. The van der Waals surface area contributed by atoms with Crippen molar-refractivity contribution in [1.82, 2.24) is 24.5 Å². The van der Waals surface area contributed by atoms with Gasteiger partial charge in [-0.25, -0.2) is 18.4 Å². The van der Waals surface area contributed by atoms with Crippen molar-refractivity contribution in [3.05, 3.63) is 94.7 Å². The van der Waals surface area contributed by atoms with E-state index < -0.39 is 28.2 Å². The Morgan fingerprint density at radius 2 is 1.94 bits per heavy atom. The minimum Gasteiger partial charge on any atom is -0.381 e. The molecule has 0 amide bonds. The zero-order valence-electron chi connectivity index (χ0n) is 16.8. The van der Waals surface area contributed by atoms with Crippen molar-refractivity contribution in [2.75, 3.05) is 0 Å². The van der Waals surface area contributed by atoms with E-state index in [-0.39, 0.29) is 17.8 Å². The molecule has 4 aromatic rings. The van der Waals surface area contributed by atoms with Crippen LogP contribution < -0.4 is 0 Å². The first-order valence-corrected chi connectivity index (χ1v) is 9.58. The molecule has 0 unspecified atom stereocenters. The van der Waals surface area contributed by atoms with Gasteiger partial charge in [-0.1, -0.05) is 6.07 Å². The summed E-state index contributed by atoms with van der Waals surface area (Å²) in [7, 11) is 0. The molecular formula is C21H18F2N6O3. The SMILES string of the molecule is C[C@@H](n1ccc(-c2ccc([N+](=O)[O-])cc2)n1)[C@](O)(Cn1cncn1)c1ccc(F)cc1F. The molecule has 0 aliphatic heterocycles. The molecular weight excluding hydrogens is 422 g/mol. The van der Waals surface area contributed by atoms with Gasteiger partial charge in [0, 0.05) is 35.5 Å². The highest BCUT2D eigenvalue weighted by Gasteiger charge is 2.40. The minimum atomic E-state index is -1.86. The second-order valence-corrected chi connectivity index (χ2v) is 7.30. The molecule has 2 atom stereocenters. The van der Waals surface area contributed by atoms with Gasteiger partial charge in [0.25, 0.3) is 5.69 Å². The van der Waals surface area contributed by atoms with Gasteiger partial charge in [0.05, 0.1) is 23.2 Å². The number of aliphatic hydroxyl groups is 1. The van der Waals surface area contributed by atoms with Crippen molar-refractivity contribution in [2.24, 2.45) is 0 Å². The summed E-state index contributed by atoms with van der Waals surface area (Å²) in [6.45, 7) is 1.48. The Bertz CT molecular complexity index is 1240. The van der Waals surface area contributed by atoms with Crippen molar-refractivity contribution in [1.29, 1.82) is 0 Å². The molecule has 0 spiro atoms. The minimum absolute atomic E-state index is 0.0458. The number of non-ortho nitro benzene ring substituents is 1. The van der Waals surface area contributed by atoms with Crippen LogP contribution in [0.15, 0.2) is 67.4 Å². The van der Waals surface area contributed by atoms with E-state index in [0.717, 1.165) is 6.07 Å². The maximum absolute atomic E-state index is 14.7. The van der Waals surface area contributed by atoms with Crippen LogP contribution in [-0.2, 0) is 12.1 Å². The highest BCUT2D eigenvalue weighted by Crippen LogP contribution is 2.37. The Kier molecular flexibility index (Phi) is 5.49. The quantitative estimate of drug-likeness (QED) is 0.348. The van der Waals surface area contributed by atoms with Crippen LogP contribution in [-0.4, -0.2) is 34.6 Å². The molecule has 2 aromatic heterocycles. The Hall–Kier alpha value is -3.99. The predicted molar refractivity (Wildman–Crippen MR) is 109 cm³/mol. The lowest BCUT2D eigenvalue weighted by Gasteiger charge is -2.34. The zero-order chi connectivity index (χ0) is 22.9. The first-order chi connectivity index (χ1) is 15.3. The number of hydrogen-bond acceptors (Lipinski definition) is 6. The lowest BCUT2D eigenvalue weighted by molar-refractivity contribution is -0.384. The summed E-state index contributed by atoms with van der Waals surface area (Å²) in [4.78, 5) is 14.2. The number of nitro groups is 1. The van der Waals surface area contributed by atoms with Crippen molar-refractivity contribution in [3.8, 4) is 11.3 Å². The molecule has 0 saturated carbocycles. The molecule has 0 bridgehead atoms. The number of aromatic nitrogens is 5. The highest BCUT2D eigenvalue weighted by atomic mass is 19.1. The molecule has 0 aliphatic rings. The van der Waals surface area contributed by atoms with Gasteiger partial charge in [-0.15, -0.1) is 0 Å². The van der Waals surface area contributed by atoms with Crippen LogP contribution in [0.2, 0.25) is 0 Å². The summed E-state index contributed by atoms with van der Waals surface area (Å²) in [5.41, 5.74) is -0.877. The van der Waals surface area contributed by atoms with Crippen LogP contribution in [0.25, 0.3) is 11.3 Å². The number of halogens is 2. The van der Waals surface area contributed by atoms with Crippen LogP contribution in [0.1, 0.15) is 18.5 Å². The maximum Gasteiger partial charge on any atom is 0.269 e. The van der Waals surface area contributed by atoms with E-state index in [4.69, 9.17) is 0 Å². The van der Waals surface area contributed by atoms with Crippen molar-refractivity contribution >= 4 is 5.69 Å². The van der Waals surface area contributed by atoms with Crippen molar-refractivity contribution in [3.63, 3.8) is 0 Å². The molecule has 1 N–H and O–H groups in total. The summed E-state index contributed by atoms with van der Waals surface area (Å²) in [5, 5.41) is 31.0. The van der Waals surface area contributed by atoms with E-state index in [1.807, 2.05) is 0 Å². The Morgan fingerprint density at radius 3 is 2.56 bits per heavy atom. The van der Waals surface area contributed by atoms with E-state index in [9.17, 15) is 24.0 Å². The second kappa shape index (κ2) is 8.27. The van der Waals surface area contributed by atoms with Gasteiger partial charge >= 0.3 is 0 Å². The molecule has 2 aromatic carbocycles. The summed E-state index contributed by atoms with van der Waals surface area (Å²) in [6, 6.07) is 9.71. The van der Waals surface area contributed by atoms with Gasteiger partial charge in [0.2, 0.25) is 0 Å². The van der Waals surface area contributed by atoms with Crippen molar-refractivity contribution in [2.45, 2.75) is 25.1 Å². The van der Waals surface area contributed by atoms with Gasteiger partial charge in [0.15, 0.2) is 0 Å². The number of benzene rings is 2. The Labute approximate surface area is 180 Å². The number of nitro benzene ring substituents is 1. The highest BCUT2D eigenvalue weighted by molar-refractivity contribution is 5.60. The number of nitrogens with zero attached hydrogens (tertiary/aromatic N) is 6. The van der Waals surface area contributed by atoms with E-state index in [0.29, 0.717) is 17.3 Å². The molecule has 0 saturated heterocycles. The van der Waals surface area contributed by atoms with Crippen LogP contribution in [0.3, 0.4) is 0 Å². The number of hydrogen-bond donors (Lipinski definition) is 1. The lowest BCUT2D eigenvalue weighted by Crippen LogP contribution is -2.40. The molecule has 11 heteroatoms. The standard InChI is InChI=1S/C21H18F2N6O3/c1-14(28-9-8-20(26-28)15-2-5-17(6-3-15)29(31)32)21(30,11-27-13-24-12-25-27)18-7-4-16(22)10-19(18)23/h2-10,12-14,30H,11H2,1H3/t14-,21-/m1/s1. The van der Waals surface area contributed by atoms with Gasteiger partial charge in [0.1, 0.15) is 29.9 Å². The van der Waals surface area contributed by atoms with Gasteiger partial charge in [-0.05, 0) is 31.2 Å². The third-order valence-corrected chi connectivity index (χ3v) is 5.34. The fourth-order valence-electron chi connectivity index (χ4n) is 3.52. The van der Waals surface area contributed by atoms with E-state index in [1.54, 1.807) is 31.3 Å². The molecule has 4 rings (SSSR count).